The summed E-state index contributed by atoms with van der Waals surface area (Å²) in [6.45, 7) is 4.37. The molecule has 7 nitrogen and oxygen atoms in total. The minimum absolute atomic E-state index is 0.162. The number of rotatable bonds is 4. The van der Waals surface area contributed by atoms with Gasteiger partial charge >= 0.3 is 0 Å². The van der Waals surface area contributed by atoms with E-state index in [0.717, 1.165) is 59.7 Å². The zero-order valence-electron chi connectivity index (χ0n) is 21.6. The van der Waals surface area contributed by atoms with Gasteiger partial charge in [0.15, 0.2) is 0 Å². The van der Waals surface area contributed by atoms with E-state index in [0.29, 0.717) is 17.9 Å². The summed E-state index contributed by atoms with van der Waals surface area (Å²) in [6, 6.07) is 10.7. The number of phenols is 1. The summed E-state index contributed by atoms with van der Waals surface area (Å²) in [4.78, 5) is 14.5. The van der Waals surface area contributed by atoms with Crippen molar-refractivity contribution in [2.45, 2.75) is 12.6 Å². The van der Waals surface area contributed by atoms with E-state index in [1.54, 1.807) is 18.2 Å². The summed E-state index contributed by atoms with van der Waals surface area (Å²) >= 11 is 0. The van der Waals surface area contributed by atoms with Gasteiger partial charge in [-0.25, -0.2) is 4.58 Å². The molecule has 2 aliphatic carbocycles. The predicted octanol–water partition coefficient (Wildman–Crippen LogP) is 2.50. The van der Waals surface area contributed by atoms with Gasteiger partial charge in [-0.05, 0) is 28.8 Å². The third-order valence-electron chi connectivity index (χ3n) is 7.86. The van der Waals surface area contributed by atoms with Crippen LogP contribution in [-0.4, -0.2) is 66.5 Å². The van der Waals surface area contributed by atoms with Crippen LogP contribution < -0.4 is 10.4 Å². The van der Waals surface area contributed by atoms with Crippen molar-refractivity contribution in [3.8, 4) is 5.75 Å². The highest BCUT2D eigenvalue weighted by molar-refractivity contribution is 6.05. The Hall–Kier alpha value is -3.94. The highest BCUT2D eigenvalue weighted by atomic mass is 16.5. The van der Waals surface area contributed by atoms with Crippen molar-refractivity contribution in [3.63, 3.8) is 0 Å². The minimum atomic E-state index is -1.20. The number of aromatic hydroxyl groups is 1. The molecule has 2 unspecified atom stereocenters. The van der Waals surface area contributed by atoms with Crippen molar-refractivity contribution >= 4 is 23.3 Å². The van der Waals surface area contributed by atoms with Crippen LogP contribution in [0.25, 0.3) is 11.6 Å². The van der Waals surface area contributed by atoms with E-state index in [9.17, 15) is 15.0 Å². The Bertz CT molecular complexity index is 1470. The molecule has 2 aromatic carbocycles. The number of fused-ring (bicyclic) bond motifs is 4. The maximum absolute atomic E-state index is 12.1. The fourth-order valence-corrected chi connectivity index (χ4v) is 5.90. The number of hydrogen-bond acceptors (Lipinski definition) is 6. The number of phenolic OH excluding ortho intramolecular Hbond substituents is 1. The second-order valence-electron chi connectivity index (χ2n) is 10.3. The first-order valence-corrected chi connectivity index (χ1v) is 13.0. The Morgan fingerprint density at radius 2 is 1.92 bits per heavy atom. The molecule has 194 valence electrons. The molecule has 6 rings (SSSR count). The monoisotopic (exact) mass is 509 g/mol. The van der Waals surface area contributed by atoms with Crippen LogP contribution in [0, 0.1) is 5.92 Å². The van der Waals surface area contributed by atoms with E-state index in [2.05, 4.69) is 22.4 Å². The van der Waals surface area contributed by atoms with E-state index in [4.69, 9.17) is 4.74 Å². The summed E-state index contributed by atoms with van der Waals surface area (Å²) in [5.74, 6) is -0.426. The number of aromatic carboxylic acids is 1. The van der Waals surface area contributed by atoms with Crippen LogP contribution in [0.3, 0.4) is 0 Å². The maximum atomic E-state index is 12.1. The SMILES string of the molecule is C[N+](C)=C1C=CC2=C(c3ccccc3C(=O)[O-])C3C=Cc4c(ccc(O)c4CN4CCNCC4)C3OC2=C1. The van der Waals surface area contributed by atoms with Crippen LogP contribution in [0.5, 0.6) is 5.75 Å². The lowest BCUT2D eigenvalue weighted by Crippen LogP contribution is -2.43. The number of piperazine rings is 1. The van der Waals surface area contributed by atoms with Gasteiger partial charge in [0, 0.05) is 67.0 Å². The van der Waals surface area contributed by atoms with Crippen LogP contribution in [0.15, 0.2) is 72.0 Å². The van der Waals surface area contributed by atoms with Gasteiger partial charge in [-0.15, -0.1) is 0 Å². The Morgan fingerprint density at radius 3 is 2.68 bits per heavy atom. The largest absolute Gasteiger partial charge is 0.545 e. The Morgan fingerprint density at radius 1 is 1.13 bits per heavy atom. The molecule has 1 fully saturated rings. The third-order valence-corrected chi connectivity index (χ3v) is 7.86. The van der Waals surface area contributed by atoms with Crippen LogP contribution in [0.1, 0.15) is 38.7 Å². The average Bonchev–Trinajstić information content (AvgIpc) is 2.93. The molecular formula is C31H31N3O4. The van der Waals surface area contributed by atoms with E-state index in [-0.39, 0.29) is 23.3 Å². The highest BCUT2D eigenvalue weighted by Gasteiger charge is 2.40. The van der Waals surface area contributed by atoms with Crippen LogP contribution in [0.4, 0.5) is 0 Å². The number of carbonyl (C=O) groups is 1. The van der Waals surface area contributed by atoms with Gasteiger partial charge < -0.3 is 25.1 Å². The fourth-order valence-electron chi connectivity index (χ4n) is 5.90. The maximum Gasteiger partial charge on any atom is 0.203 e. The standard InChI is InChI=1S/C31H31N3O4/c1-33(2)19-7-8-24-28(17-19)38-30-22-11-12-27(35)26(18-34-15-13-32-14-16-34)20(22)9-10-25(30)29(24)21-5-3-4-6-23(21)31(36)37/h3-12,17,25,30,32H,13-16,18H2,1-2H3,(H-,35,36,37). The lowest BCUT2D eigenvalue weighted by Gasteiger charge is -2.40. The highest BCUT2D eigenvalue weighted by Crippen LogP contribution is 2.52. The summed E-state index contributed by atoms with van der Waals surface area (Å²) in [5.41, 5.74) is 6.43. The van der Waals surface area contributed by atoms with E-state index >= 15 is 0 Å². The van der Waals surface area contributed by atoms with Crippen molar-refractivity contribution in [1.29, 1.82) is 0 Å². The topological polar surface area (TPSA) is 87.9 Å². The molecule has 0 amide bonds. The van der Waals surface area contributed by atoms with Gasteiger partial charge in [0.25, 0.3) is 0 Å². The number of carboxylic acids is 1. The second kappa shape index (κ2) is 9.74. The summed E-state index contributed by atoms with van der Waals surface area (Å²) < 4.78 is 8.74. The summed E-state index contributed by atoms with van der Waals surface area (Å²) in [7, 11) is 3.96. The molecule has 2 N–H and O–H groups in total. The molecule has 38 heavy (non-hydrogen) atoms. The number of benzene rings is 2. The Balaban J connectivity index is 1.51. The molecule has 0 spiro atoms. The van der Waals surface area contributed by atoms with E-state index < -0.39 is 5.97 Å². The quantitative estimate of drug-likeness (QED) is 0.616. The van der Waals surface area contributed by atoms with E-state index in [1.807, 2.05) is 55.1 Å². The van der Waals surface area contributed by atoms with Gasteiger partial charge in [-0.2, -0.15) is 0 Å². The number of carboxylic acid groups (broad SMARTS) is 1. The molecule has 0 radical (unpaired) electrons. The lowest BCUT2D eigenvalue weighted by molar-refractivity contribution is -0.462. The van der Waals surface area contributed by atoms with Crippen LogP contribution in [0.2, 0.25) is 0 Å². The van der Waals surface area contributed by atoms with Gasteiger partial charge in [-0.3, -0.25) is 4.90 Å². The first-order valence-electron chi connectivity index (χ1n) is 13.0. The lowest BCUT2D eigenvalue weighted by atomic mass is 9.73. The number of hydrogen-bond donors (Lipinski definition) is 2. The molecule has 0 aromatic heterocycles. The minimum Gasteiger partial charge on any atom is -0.545 e. The summed E-state index contributed by atoms with van der Waals surface area (Å²) in [6.07, 6.45) is 9.84. The molecule has 2 aliphatic heterocycles. The zero-order chi connectivity index (χ0) is 26.4. The number of nitrogens with one attached hydrogen (secondary N) is 1. The van der Waals surface area contributed by atoms with Crippen molar-refractivity contribution in [3.05, 3.63) is 99.9 Å². The molecule has 2 aromatic rings. The zero-order valence-corrected chi connectivity index (χ0v) is 21.6. The number of allylic oxidation sites excluding steroid dienone is 3. The van der Waals surface area contributed by atoms with Gasteiger partial charge in [0.05, 0.1) is 12.0 Å². The first-order chi connectivity index (χ1) is 18.4. The first kappa shape index (κ1) is 24.4. The van der Waals surface area contributed by atoms with Crippen LogP contribution >= 0.6 is 0 Å². The normalized spacial score (nSPS) is 22.3. The molecule has 2 atom stereocenters. The molecule has 4 aliphatic rings. The number of nitrogens with zero attached hydrogens (tertiary/aromatic N) is 2. The molecule has 1 saturated heterocycles. The fraction of sp³-hybridized carbons (Fsp3) is 0.290. The second-order valence-corrected chi connectivity index (χ2v) is 10.3. The number of carbonyl (C=O) groups excluding carboxylic acids is 1. The molecule has 7 heteroatoms. The smallest absolute Gasteiger partial charge is 0.203 e. The van der Waals surface area contributed by atoms with Crippen molar-refractivity contribution in [2.75, 3.05) is 40.3 Å². The molecular weight excluding hydrogens is 478 g/mol. The predicted molar refractivity (Wildman–Crippen MR) is 145 cm³/mol. The van der Waals surface area contributed by atoms with Gasteiger partial charge in [0.1, 0.15) is 31.7 Å². The summed E-state index contributed by atoms with van der Waals surface area (Å²) in [5, 5.41) is 26.4. The Kier molecular flexibility index (Phi) is 6.26. The molecule has 0 bridgehead atoms. The third kappa shape index (κ3) is 4.18. The molecule has 2 heterocycles. The molecule has 0 saturated carbocycles. The van der Waals surface area contributed by atoms with Crippen molar-refractivity contribution in [1.82, 2.24) is 10.2 Å². The van der Waals surface area contributed by atoms with Gasteiger partial charge in [-0.1, -0.05) is 42.5 Å². The van der Waals surface area contributed by atoms with Crippen molar-refractivity contribution in [2.24, 2.45) is 5.92 Å². The van der Waals surface area contributed by atoms with E-state index in [1.165, 1.54) is 0 Å². The Labute approximate surface area is 222 Å². The van der Waals surface area contributed by atoms with Gasteiger partial charge in [0.2, 0.25) is 5.71 Å². The van der Waals surface area contributed by atoms with Crippen LogP contribution in [-0.2, 0) is 11.3 Å². The average molecular weight is 510 g/mol. The number of ether oxygens (including phenoxy) is 1. The van der Waals surface area contributed by atoms with Crippen molar-refractivity contribution < 1.29 is 24.3 Å².